The maximum atomic E-state index is 12.7. The Hall–Kier alpha value is -4.39. The van der Waals surface area contributed by atoms with Gasteiger partial charge in [-0.25, -0.2) is 0 Å². The van der Waals surface area contributed by atoms with Crippen molar-refractivity contribution in [3.63, 3.8) is 0 Å². The van der Waals surface area contributed by atoms with E-state index in [0.717, 1.165) is 5.69 Å². The van der Waals surface area contributed by atoms with Gasteiger partial charge in [0.05, 0.1) is 16.9 Å². The molecule has 0 fully saturated rings. The maximum absolute atomic E-state index is 12.7. The van der Waals surface area contributed by atoms with Crippen LogP contribution in [0.5, 0.6) is 0 Å². The van der Waals surface area contributed by atoms with Gasteiger partial charge in [0.2, 0.25) is 0 Å². The van der Waals surface area contributed by atoms with Crippen molar-refractivity contribution in [2.24, 2.45) is 5.92 Å². The fraction of sp³-hybridized carbons (Fsp3) is 0.148. The van der Waals surface area contributed by atoms with E-state index in [2.05, 4.69) is 16.0 Å². The number of nitrogens with two attached hydrogens (primary N) is 1. The zero-order valence-electron chi connectivity index (χ0n) is 19.2. The molecule has 0 aliphatic carbocycles. The van der Waals surface area contributed by atoms with Crippen LogP contribution in [-0.2, 0) is 4.79 Å². The molecular formula is C27H26N4O3. The van der Waals surface area contributed by atoms with Crippen LogP contribution in [0.1, 0.15) is 47.1 Å². The van der Waals surface area contributed by atoms with Gasteiger partial charge in [0.25, 0.3) is 11.8 Å². The number of para-hydroxylation sites is 2. The number of benzene rings is 3. The number of nitrogen functional groups attached to an aromatic ring is 1. The van der Waals surface area contributed by atoms with E-state index in [4.69, 9.17) is 5.73 Å². The molecule has 0 saturated heterocycles. The highest BCUT2D eigenvalue weighted by molar-refractivity contribution is 6.32. The first kappa shape index (κ1) is 22.8. The third kappa shape index (κ3) is 4.54. The van der Waals surface area contributed by atoms with Crippen LogP contribution in [0.4, 0.5) is 22.7 Å². The Morgan fingerprint density at radius 2 is 1.59 bits per heavy atom. The van der Waals surface area contributed by atoms with Gasteiger partial charge in [0.1, 0.15) is 0 Å². The molecule has 172 valence electrons. The summed E-state index contributed by atoms with van der Waals surface area (Å²) in [5, 5.41) is 8.88. The number of hydrogen-bond donors (Lipinski definition) is 4. The van der Waals surface area contributed by atoms with Gasteiger partial charge in [-0.3, -0.25) is 14.4 Å². The topological polar surface area (TPSA) is 113 Å². The first-order valence-corrected chi connectivity index (χ1v) is 11.0. The van der Waals surface area contributed by atoms with Crippen LogP contribution in [0.15, 0.2) is 72.4 Å². The van der Waals surface area contributed by atoms with Gasteiger partial charge in [-0.1, -0.05) is 26.0 Å². The SMILES string of the molecule is C/C(Nc1ccc(C(=O)Nc2ccccc2N)cc1)=C1/C(=O)Nc2ccc(C(=O)C(C)C)cc21. The molecule has 1 heterocycles. The van der Waals surface area contributed by atoms with E-state index in [1.165, 1.54) is 0 Å². The van der Waals surface area contributed by atoms with Crippen LogP contribution >= 0.6 is 0 Å². The zero-order valence-corrected chi connectivity index (χ0v) is 19.2. The van der Waals surface area contributed by atoms with Crippen molar-refractivity contribution in [3.05, 3.63) is 89.1 Å². The lowest BCUT2D eigenvalue weighted by atomic mass is 9.96. The molecule has 34 heavy (non-hydrogen) atoms. The summed E-state index contributed by atoms with van der Waals surface area (Å²) in [6.07, 6.45) is 0. The number of ketones is 1. The molecule has 3 aromatic rings. The molecule has 0 bridgehead atoms. The predicted molar refractivity (Wildman–Crippen MR) is 136 cm³/mol. The Balaban J connectivity index is 1.54. The molecular weight excluding hydrogens is 428 g/mol. The van der Waals surface area contributed by atoms with E-state index in [-0.39, 0.29) is 23.5 Å². The van der Waals surface area contributed by atoms with Crippen molar-refractivity contribution >= 4 is 45.9 Å². The summed E-state index contributed by atoms with van der Waals surface area (Å²) >= 11 is 0. The molecule has 1 aliphatic rings. The summed E-state index contributed by atoms with van der Waals surface area (Å²) in [5.41, 5.74) is 11.2. The molecule has 0 saturated carbocycles. The van der Waals surface area contributed by atoms with Gasteiger partial charge in [-0.15, -0.1) is 0 Å². The highest BCUT2D eigenvalue weighted by atomic mass is 16.2. The number of carbonyl (C=O) groups is 3. The van der Waals surface area contributed by atoms with Crippen LogP contribution in [0.25, 0.3) is 5.57 Å². The molecule has 7 nitrogen and oxygen atoms in total. The number of hydrogen-bond acceptors (Lipinski definition) is 5. The average Bonchev–Trinajstić information content (AvgIpc) is 3.15. The van der Waals surface area contributed by atoms with Crippen LogP contribution in [0.3, 0.4) is 0 Å². The molecule has 0 radical (unpaired) electrons. The normalized spacial score (nSPS) is 13.8. The Morgan fingerprint density at radius 3 is 2.26 bits per heavy atom. The smallest absolute Gasteiger partial charge is 0.258 e. The van der Waals surface area contributed by atoms with Gasteiger partial charge in [0.15, 0.2) is 5.78 Å². The number of nitrogens with one attached hydrogen (secondary N) is 3. The van der Waals surface area contributed by atoms with Crippen LogP contribution in [0.2, 0.25) is 0 Å². The molecule has 0 aromatic heterocycles. The number of Topliss-reactive ketones (excluding diaryl/α,β-unsaturated/α-hetero) is 1. The number of carbonyl (C=O) groups excluding carboxylic acids is 3. The number of anilines is 4. The summed E-state index contributed by atoms with van der Waals surface area (Å²) in [5.74, 6) is -0.612. The van der Waals surface area contributed by atoms with Crippen molar-refractivity contribution in [3.8, 4) is 0 Å². The summed E-state index contributed by atoms with van der Waals surface area (Å²) in [7, 11) is 0. The Labute approximate surface area is 198 Å². The van der Waals surface area contributed by atoms with Gasteiger partial charge in [-0.2, -0.15) is 0 Å². The quantitative estimate of drug-likeness (QED) is 0.234. The van der Waals surface area contributed by atoms with Gasteiger partial charge < -0.3 is 21.7 Å². The minimum Gasteiger partial charge on any atom is -0.397 e. The highest BCUT2D eigenvalue weighted by Crippen LogP contribution is 2.35. The number of allylic oxidation sites excluding steroid dienone is 1. The van der Waals surface area contributed by atoms with E-state index < -0.39 is 0 Å². The molecule has 0 spiro atoms. The van der Waals surface area contributed by atoms with Gasteiger partial charge in [-0.05, 0) is 61.5 Å². The van der Waals surface area contributed by atoms with Crippen LogP contribution in [-0.4, -0.2) is 17.6 Å². The predicted octanol–water partition coefficient (Wildman–Crippen LogP) is 5.16. The maximum Gasteiger partial charge on any atom is 0.258 e. The number of amides is 2. The van der Waals surface area contributed by atoms with Crippen molar-refractivity contribution in [1.82, 2.24) is 0 Å². The van der Waals surface area contributed by atoms with Crippen LogP contribution < -0.4 is 21.7 Å². The monoisotopic (exact) mass is 454 g/mol. The third-order valence-electron chi connectivity index (χ3n) is 5.64. The second kappa shape index (κ2) is 9.23. The Bertz CT molecular complexity index is 1320. The summed E-state index contributed by atoms with van der Waals surface area (Å²) in [6.45, 7) is 5.50. The summed E-state index contributed by atoms with van der Waals surface area (Å²) < 4.78 is 0. The molecule has 3 aromatic carbocycles. The fourth-order valence-corrected chi connectivity index (χ4v) is 3.82. The molecule has 7 heteroatoms. The first-order valence-electron chi connectivity index (χ1n) is 11.0. The van der Waals surface area contributed by atoms with Gasteiger partial charge >= 0.3 is 0 Å². The van der Waals surface area contributed by atoms with E-state index >= 15 is 0 Å². The Kier molecular flexibility index (Phi) is 6.19. The molecule has 0 atom stereocenters. The lowest BCUT2D eigenvalue weighted by Gasteiger charge is -2.12. The Morgan fingerprint density at radius 1 is 0.912 bits per heavy atom. The van der Waals surface area contributed by atoms with E-state index in [1.807, 2.05) is 13.8 Å². The average molecular weight is 455 g/mol. The lowest BCUT2D eigenvalue weighted by molar-refractivity contribution is -0.110. The second-order valence-electron chi connectivity index (χ2n) is 8.48. The lowest BCUT2D eigenvalue weighted by Crippen LogP contribution is -2.13. The van der Waals surface area contributed by atoms with Crippen molar-refractivity contribution in [2.75, 3.05) is 21.7 Å². The minimum atomic E-state index is -0.272. The summed E-state index contributed by atoms with van der Waals surface area (Å²) in [6, 6.07) is 19.2. The number of rotatable bonds is 6. The van der Waals surface area contributed by atoms with Gasteiger partial charge in [0, 0.05) is 39.7 Å². The molecule has 0 unspecified atom stereocenters. The standard InChI is InChI=1S/C27H26N4O3/c1-15(2)25(32)18-10-13-22-20(14-18)24(27(34)30-22)16(3)29-19-11-8-17(9-12-19)26(33)31-23-7-5-4-6-21(23)28/h4-15,29H,28H2,1-3H3,(H,30,34)(H,31,33)/b24-16-. The third-order valence-corrected chi connectivity index (χ3v) is 5.64. The molecule has 1 aliphatic heterocycles. The molecule has 4 rings (SSSR count). The van der Waals surface area contributed by atoms with Crippen molar-refractivity contribution in [1.29, 1.82) is 0 Å². The summed E-state index contributed by atoms with van der Waals surface area (Å²) in [4.78, 5) is 37.7. The van der Waals surface area contributed by atoms with Crippen LogP contribution in [0, 0.1) is 5.92 Å². The first-order chi connectivity index (χ1) is 16.2. The minimum absolute atomic E-state index is 0.0261. The molecule has 5 N–H and O–H groups in total. The van der Waals surface area contributed by atoms with Crippen molar-refractivity contribution in [2.45, 2.75) is 20.8 Å². The highest BCUT2D eigenvalue weighted by Gasteiger charge is 2.27. The zero-order chi connectivity index (χ0) is 24.4. The largest absolute Gasteiger partial charge is 0.397 e. The molecule has 2 amide bonds. The van der Waals surface area contributed by atoms with Crippen molar-refractivity contribution < 1.29 is 14.4 Å². The van der Waals surface area contributed by atoms with E-state index in [9.17, 15) is 14.4 Å². The number of fused-ring (bicyclic) bond motifs is 1. The van der Waals surface area contributed by atoms with E-state index in [1.54, 1.807) is 73.7 Å². The second-order valence-corrected chi connectivity index (χ2v) is 8.48. The fourth-order valence-electron chi connectivity index (χ4n) is 3.82. The van der Waals surface area contributed by atoms with E-state index in [0.29, 0.717) is 45.0 Å².